The van der Waals surface area contributed by atoms with Crippen LogP contribution in [0, 0.1) is 0 Å². The smallest absolute Gasteiger partial charge is 0.0479 e. The van der Waals surface area contributed by atoms with Crippen LogP contribution in [0.4, 0.5) is 0 Å². The molecule has 1 aliphatic carbocycles. The summed E-state index contributed by atoms with van der Waals surface area (Å²) in [6, 6.07) is 8.28. The zero-order valence-corrected chi connectivity index (χ0v) is 8.92. The van der Waals surface area contributed by atoms with Crippen LogP contribution in [0.25, 0.3) is 0 Å². The first-order valence-corrected chi connectivity index (χ1v) is 5.20. The van der Waals surface area contributed by atoms with Crippen molar-refractivity contribution in [1.29, 1.82) is 0 Å². The van der Waals surface area contributed by atoms with E-state index in [2.05, 4.69) is 40.2 Å². The van der Waals surface area contributed by atoms with E-state index < -0.39 is 0 Å². The summed E-state index contributed by atoms with van der Waals surface area (Å²) in [6.07, 6.45) is 6.22. The standard InChI is InChI=1S/C11H12BrN/c12-10-5-3-9(4-6-10)11(13)7-1-2-8-11/h1-6H,7-8,13H2. The Kier molecular flexibility index (Phi) is 2.26. The molecular weight excluding hydrogens is 226 g/mol. The lowest BCUT2D eigenvalue weighted by molar-refractivity contribution is 0.480. The Morgan fingerprint density at radius 2 is 1.62 bits per heavy atom. The molecule has 13 heavy (non-hydrogen) atoms. The second-order valence-electron chi connectivity index (χ2n) is 3.54. The summed E-state index contributed by atoms with van der Waals surface area (Å²) in [5.41, 5.74) is 7.32. The van der Waals surface area contributed by atoms with Gasteiger partial charge in [0.05, 0.1) is 0 Å². The molecule has 0 aromatic heterocycles. The van der Waals surface area contributed by atoms with Gasteiger partial charge in [0.1, 0.15) is 0 Å². The van der Waals surface area contributed by atoms with Crippen molar-refractivity contribution in [3.63, 3.8) is 0 Å². The van der Waals surface area contributed by atoms with Crippen LogP contribution in [-0.4, -0.2) is 0 Å². The Bertz CT molecular complexity index is 318. The van der Waals surface area contributed by atoms with Gasteiger partial charge in [-0.25, -0.2) is 0 Å². The summed E-state index contributed by atoms with van der Waals surface area (Å²) in [5.74, 6) is 0. The van der Waals surface area contributed by atoms with Crippen molar-refractivity contribution in [3.8, 4) is 0 Å². The van der Waals surface area contributed by atoms with E-state index >= 15 is 0 Å². The summed E-state index contributed by atoms with van der Waals surface area (Å²) >= 11 is 3.42. The van der Waals surface area contributed by atoms with Crippen LogP contribution in [0.5, 0.6) is 0 Å². The molecule has 68 valence electrons. The van der Waals surface area contributed by atoms with Crippen molar-refractivity contribution in [3.05, 3.63) is 46.5 Å². The van der Waals surface area contributed by atoms with E-state index in [4.69, 9.17) is 5.73 Å². The van der Waals surface area contributed by atoms with Gasteiger partial charge in [-0.2, -0.15) is 0 Å². The van der Waals surface area contributed by atoms with Gasteiger partial charge in [0.25, 0.3) is 0 Å². The van der Waals surface area contributed by atoms with Gasteiger partial charge in [0.2, 0.25) is 0 Å². The molecule has 0 fully saturated rings. The molecule has 0 atom stereocenters. The zero-order valence-electron chi connectivity index (χ0n) is 7.33. The Morgan fingerprint density at radius 1 is 1.08 bits per heavy atom. The molecule has 0 amide bonds. The van der Waals surface area contributed by atoms with E-state index in [1.807, 2.05) is 12.1 Å². The minimum Gasteiger partial charge on any atom is -0.321 e. The predicted octanol–water partition coefficient (Wildman–Crippen LogP) is 2.95. The third-order valence-electron chi connectivity index (χ3n) is 2.55. The monoisotopic (exact) mass is 237 g/mol. The van der Waals surface area contributed by atoms with Crippen LogP contribution in [-0.2, 0) is 5.54 Å². The fourth-order valence-electron chi connectivity index (χ4n) is 1.69. The molecule has 0 saturated heterocycles. The largest absolute Gasteiger partial charge is 0.321 e. The van der Waals surface area contributed by atoms with Crippen LogP contribution < -0.4 is 5.73 Å². The average molecular weight is 238 g/mol. The third kappa shape index (κ3) is 1.69. The lowest BCUT2D eigenvalue weighted by atomic mass is 9.89. The van der Waals surface area contributed by atoms with Crippen LogP contribution in [0.15, 0.2) is 40.9 Å². The van der Waals surface area contributed by atoms with Gasteiger partial charge >= 0.3 is 0 Å². The highest BCUT2D eigenvalue weighted by atomic mass is 79.9. The molecule has 1 aromatic rings. The summed E-state index contributed by atoms with van der Waals surface area (Å²) in [6.45, 7) is 0. The van der Waals surface area contributed by atoms with Gasteiger partial charge in [-0.1, -0.05) is 40.2 Å². The van der Waals surface area contributed by atoms with E-state index in [0.29, 0.717) is 0 Å². The van der Waals surface area contributed by atoms with E-state index in [0.717, 1.165) is 17.3 Å². The average Bonchev–Trinajstić information content (AvgIpc) is 2.54. The Labute approximate surface area is 86.8 Å². The second-order valence-corrected chi connectivity index (χ2v) is 4.46. The SMILES string of the molecule is NC1(c2ccc(Br)cc2)CC=CC1. The van der Waals surface area contributed by atoms with Crippen molar-refractivity contribution in [2.45, 2.75) is 18.4 Å². The summed E-state index contributed by atoms with van der Waals surface area (Å²) in [5, 5.41) is 0. The van der Waals surface area contributed by atoms with Gasteiger partial charge in [-0.15, -0.1) is 0 Å². The van der Waals surface area contributed by atoms with Crippen LogP contribution in [0.2, 0.25) is 0 Å². The Balaban J connectivity index is 2.30. The molecule has 1 aromatic carbocycles. The molecule has 0 spiro atoms. The molecule has 0 bridgehead atoms. The first-order valence-electron chi connectivity index (χ1n) is 4.41. The molecule has 2 heteroatoms. The van der Waals surface area contributed by atoms with Crippen molar-refractivity contribution in [2.75, 3.05) is 0 Å². The van der Waals surface area contributed by atoms with Gasteiger partial charge in [0.15, 0.2) is 0 Å². The van der Waals surface area contributed by atoms with Crippen molar-refractivity contribution >= 4 is 15.9 Å². The van der Waals surface area contributed by atoms with Crippen molar-refractivity contribution in [1.82, 2.24) is 0 Å². The lowest BCUT2D eigenvalue weighted by Crippen LogP contribution is -2.33. The number of hydrogen-bond donors (Lipinski definition) is 1. The molecule has 0 unspecified atom stereocenters. The number of hydrogen-bond acceptors (Lipinski definition) is 1. The number of benzene rings is 1. The fourth-order valence-corrected chi connectivity index (χ4v) is 1.95. The van der Waals surface area contributed by atoms with Gasteiger partial charge in [0, 0.05) is 10.0 Å². The number of nitrogens with two attached hydrogens (primary N) is 1. The molecular formula is C11H12BrN. The quantitative estimate of drug-likeness (QED) is 0.748. The highest BCUT2D eigenvalue weighted by molar-refractivity contribution is 9.10. The molecule has 0 heterocycles. The van der Waals surface area contributed by atoms with E-state index in [-0.39, 0.29) is 5.54 Å². The van der Waals surface area contributed by atoms with Gasteiger partial charge in [-0.3, -0.25) is 0 Å². The van der Waals surface area contributed by atoms with Crippen molar-refractivity contribution < 1.29 is 0 Å². The summed E-state index contributed by atoms with van der Waals surface area (Å²) < 4.78 is 1.10. The summed E-state index contributed by atoms with van der Waals surface area (Å²) in [7, 11) is 0. The molecule has 0 aliphatic heterocycles. The maximum absolute atomic E-state index is 6.25. The minimum absolute atomic E-state index is 0.152. The van der Waals surface area contributed by atoms with E-state index in [1.54, 1.807) is 0 Å². The molecule has 1 nitrogen and oxygen atoms in total. The Morgan fingerprint density at radius 3 is 2.15 bits per heavy atom. The normalized spacial score (nSPS) is 19.2. The topological polar surface area (TPSA) is 26.0 Å². The van der Waals surface area contributed by atoms with Gasteiger partial charge < -0.3 is 5.73 Å². The van der Waals surface area contributed by atoms with E-state index in [9.17, 15) is 0 Å². The lowest BCUT2D eigenvalue weighted by Gasteiger charge is -2.24. The second kappa shape index (κ2) is 3.28. The van der Waals surface area contributed by atoms with Crippen LogP contribution in [0.3, 0.4) is 0 Å². The minimum atomic E-state index is -0.152. The summed E-state index contributed by atoms with van der Waals surface area (Å²) in [4.78, 5) is 0. The molecule has 0 saturated carbocycles. The molecule has 1 aliphatic rings. The number of halogens is 1. The Hall–Kier alpha value is -0.600. The first kappa shape index (κ1) is 8.97. The fraction of sp³-hybridized carbons (Fsp3) is 0.273. The molecule has 2 N–H and O–H groups in total. The van der Waals surface area contributed by atoms with Crippen molar-refractivity contribution in [2.24, 2.45) is 5.73 Å². The molecule has 0 radical (unpaired) electrons. The highest BCUT2D eigenvalue weighted by Gasteiger charge is 2.27. The third-order valence-corrected chi connectivity index (χ3v) is 3.08. The van der Waals surface area contributed by atoms with Crippen LogP contribution >= 0.6 is 15.9 Å². The maximum atomic E-state index is 6.25. The highest BCUT2D eigenvalue weighted by Crippen LogP contribution is 2.32. The first-order chi connectivity index (χ1) is 6.21. The number of rotatable bonds is 1. The van der Waals surface area contributed by atoms with Gasteiger partial charge in [-0.05, 0) is 30.5 Å². The zero-order chi connectivity index (χ0) is 9.31. The van der Waals surface area contributed by atoms with Crippen LogP contribution in [0.1, 0.15) is 18.4 Å². The maximum Gasteiger partial charge on any atom is 0.0479 e. The molecule has 2 rings (SSSR count). The predicted molar refractivity (Wildman–Crippen MR) is 58.4 cm³/mol. The van der Waals surface area contributed by atoms with E-state index in [1.165, 1.54) is 5.56 Å².